The Balaban J connectivity index is 1.83. The van der Waals surface area contributed by atoms with E-state index in [-0.39, 0.29) is 41.1 Å². The standard InChI is InChI=1S/C28H28FN5O2/c1-27(2)13-22-24(23(35)14-27)28(19(15-30)25(31)34(22)32(3)4)18-10-6-8-12-21(18)33(26(28)36)16-17-9-5-7-11-20(17)29/h5-12H,13-14,16,31H2,1-4H3. The zero-order valence-electron chi connectivity index (χ0n) is 20.8. The predicted molar refractivity (Wildman–Crippen MR) is 133 cm³/mol. The number of nitriles is 1. The molecule has 0 saturated heterocycles. The number of allylic oxidation sites excluding steroid dienone is 1. The quantitative estimate of drug-likeness (QED) is 0.712. The van der Waals surface area contributed by atoms with Crippen molar-refractivity contribution in [3.63, 3.8) is 0 Å². The van der Waals surface area contributed by atoms with Gasteiger partial charge in [0, 0.05) is 48.6 Å². The van der Waals surface area contributed by atoms with Crippen molar-refractivity contribution in [1.29, 1.82) is 5.26 Å². The molecule has 5 rings (SSSR count). The molecule has 2 heterocycles. The van der Waals surface area contributed by atoms with Crippen LogP contribution in [0.25, 0.3) is 0 Å². The number of fused-ring (bicyclic) bond motifs is 3. The highest BCUT2D eigenvalue weighted by Gasteiger charge is 2.63. The van der Waals surface area contributed by atoms with Crippen LogP contribution in [0.5, 0.6) is 0 Å². The van der Waals surface area contributed by atoms with E-state index in [2.05, 4.69) is 6.07 Å². The molecule has 0 aromatic heterocycles. The van der Waals surface area contributed by atoms with Crippen LogP contribution in [0.4, 0.5) is 10.1 Å². The minimum atomic E-state index is -1.68. The summed E-state index contributed by atoms with van der Waals surface area (Å²) in [7, 11) is 3.57. The number of para-hydroxylation sites is 1. The summed E-state index contributed by atoms with van der Waals surface area (Å²) in [4.78, 5) is 29.9. The zero-order chi connectivity index (χ0) is 26.0. The Morgan fingerprint density at radius 3 is 2.42 bits per heavy atom. The maximum atomic E-state index is 14.6. The van der Waals surface area contributed by atoms with Gasteiger partial charge in [0.25, 0.3) is 0 Å². The number of hydrazine groups is 1. The Labute approximate surface area is 209 Å². The molecule has 1 atom stereocenters. The SMILES string of the molecule is CN(C)N1C(N)=C(C#N)C2(C(=O)N(Cc3ccccc3F)c3ccccc32)C2=C1CC(C)(C)CC2=O. The van der Waals surface area contributed by atoms with E-state index >= 15 is 0 Å². The fourth-order valence-electron chi connectivity index (χ4n) is 5.95. The molecule has 1 aliphatic carbocycles. The van der Waals surface area contributed by atoms with E-state index in [0.717, 1.165) is 0 Å². The molecule has 0 radical (unpaired) electrons. The first kappa shape index (κ1) is 23.8. The van der Waals surface area contributed by atoms with Crippen molar-refractivity contribution in [3.8, 4) is 6.07 Å². The van der Waals surface area contributed by atoms with Crippen molar-refractivity contribution in [2.45, 2.75) is 38.6 Å². The predicted octanol–water partition coefficient (Wildman–Crippen LogP) is 3.74. The first-order valence-corrected chi connectivity index (χ1v) is 11.8. The summed E-state index contributed by atoms with van der Waals surface area (Å²) in [6.45, 7) is 3.97. The van der Waals surface area contributed by atoms with Crippen LogP contribution in [0.3, 0.4) is 0 Å². The van der Waals surface area contributed by atoms with Gasteiger partial charge in [0.1, 0.15) is 23.1 Å². The molecule has 36 heavy (non-hydrogen) atoms. The van der Waals surface area contributed by atoms with Crippen LogP contribution in [0, 0.1) is 22.6 Å². The summed E-state index contributed by atoms with van der Waals surface area (Å²) in [6, 6.07) is 15.6. The van der Waals surface area contributed by atoms with Crippen LogP contribution < -0.4 is 10.6 Å². The van der Waals surface area contributed by atoms with Crippen molar-refractivity contribution in [1.82, 2.24) is 10.0 Å². The van der Waals surface area contributed by atoms with Gasteiger partial charge in [0.05, 0.1) is 12.1 Å². The van der Waals surface area contributed by atoms with E-state index in [1.54, 1.807) is 66.6 Å². The number of rotatable bonds is 3. The molecule has 2 aromatic carbocycles. The van der Waals surface area contributed by atoms with E-state index in [1.165, 1.54) is 11.0 Å². The van der Waals surface area contributed by atoms with Crippen LogP contribution in [0.15, 0.2) is 71.2 Å². The summed E-state index contributed by atoms with van der Waals surface area (Å²) in [5.41, 5.74) is 6.90. The van der Waals surface area contributed by atoms with Crippen LogP contribution >= 0.6 is 0 Å². The van der Waals surface area contributed by atoms with Gasteiger partial charge in [-0.15, -0.1) is 0 Å². The lowest BCUT2D eigenvalue weighted by Crippen LogP contribution is -2.55. The number of halogens is 1. The Bertz CT molecular complexity index is 1420. The van der Waals surface area contributed by atoms with Crippen LogP contribution in [-0.2, 0) is 21.5 Å². The lowest BCUT2D eigenvalue weighted by Gasteiger charge is -2.48. The van der Waals surface area contributed by atoms with E-state index in [4.69, 9.17) is 5.73 Å². The third kappa shape index (κ3) is 3.12. The highest BCUT2D eigenvalue weighted by Crippen LogP contribution is 2.58. The number of Topliss-reactive ketones (excluding diaryl/α,β-unsaturated/α-hetero) is 1. The van der Waals surface area contributed by atoms with Gasteiger partial charge in [-0.05, 0) is 24.0 Å². The lowest BCUT2D eigenvalue weighted by molar-refractivity contribution is -0.126. The normalized spacial score (nSPS) is 22.9. The third-order valence-electron chi connectivity index (χ3n) is 7.31. The number of ketones is 1. The van der Waals surface area contributed by atoms with Crippen LogP contribution in [0.1, 0.15) is 37.8 Å². The summed E-state index contributed by atoms with van der Waals surface area (Å²) in [5.74, 6) is -0.977. The maximum absolute atomic E-state index is 14.6. The number of hydrogen-bond acceptors (Lipinski definition) is 6. The fourth-order valence-corrected chi connectivity index (χ4v) is 5.95. The number of carbonyl (C=O) groups excluding carboxylic acids is 2. The summed E-state index contributed by atoms with van der Waals surface area (Å²) in [5, 5.41) is 13.8. The summed E-state index contributed by atoms with van der Waals surface area (Å²) in [6.07, 6.45) is 0.729. The smallest absolute Gasteiger partial charge is 0.248 e. The van der Waals surface area contributed by atoms with Crippen LogP contribution in [0.2, 0.25) is 0 Å². The van der Waals surface area contributed by atoms with Gasteiger partial charge in [0.15, 0.2) is 5.78 Å². The molecule has 3 aliphatic rings. The molecule has 2 N–H and O–H groups in total. The topological polar surface area (TPSA) is 93.7 Å². The molecule has 184 valence electrons. The molecule has 8 heteroatoms. The minimum absolute atomic E-state index is 0.0106. The Hall–Kier alpha value is -3.96. The summed E-state index contributed by atoms with van der Waals surface area (Å²) >= 11 is 0. The molecule has 1 amide bonds. The number of anilines is 1. The third-order valence-corrected chi connectivity index (χ3v) is 7.31. The second-order valence-electron chi connectivity index (χ2n) is 10.5. The van der Waals surface area contributed by atoms with Gasteiger partial charge >= 0.3 is 0 Å². The molecular weight excluding hydrogens is 457 g/mol. The van der Waals surface area contributed by atoms with E-state index in [9.17, 15) is 19.2 Å². The Morgan fingerprint density at radius 1 is 1.08 bits per heavy atom. The van der Waals surface area contributed by atoms with E-state index in [1.807, 2.05) is 13.8 Å². The molecule has 1 unspecified atom stereocenters. The first-order chi connectivity index (χ1) is 17.0. The highest BCUT2D eigenvalue weighted by atomic mass is 19.1. The molecule has 7 nitrogen and oxygen atoms in total. The molecule has 0 saturated carbocycles. The van der Waals surface area contributed by atoms with Gasteiger partial charge in [-0.1, -0.05) is 50.2 Å². The number of nitrogens with zero attached hydrogens (tertiary/aromatic N) is 4. The zero-order valence-corrected chi connectivity index (χ0v) is 20.8. The molecule has 0 bridgehead atoms. The van der Waals surface area contributed by atoms with Gasteiger partial charge in [-0.2, -0.15) is 5.26 Å². The molecular formula is C28H28FN5O2. The number of hydrogen-bond donors (Lipinski definition) is 1. The van der Waals surface area contributed by atoms with Crippen molar-refractivity contribution >= 4 is 17.4 Å². The van der Waals surface area contributed by atoms with Crippen molar-refractivity contribution < 1.29 is 14.0 Å². The van der Waals surface area contributed by atoms with Gasteiger partial charge in [-0.3, -0.25) is 14.6 Å². The summed E-state index contributed by atoms with van der Waals surface area (Å²) < 4.78 is 14.6. The number of nitrogens with two attached hydrogens (primary N) is 1. The average molecular weight is 486 g/mol. The van der Waals surface area contributed by atoms with E-state index in [0.29, 0.717) is 28.9 Å². The van der Waals surface area contributed by atoms with Crippen molar-refractivity contribution in [2.75, 3.05) is 19.0 Å². The second kappa shape index (κ2) is 8.04. The minimum Gasteiger partial charge on any atom is -0.383 e. The Kier molecular flexibility index (Phi) is 5.31. The number of amides is 1. The molecule has 0 fully saturated rings. The number of carbonyl (C=O) groups is 2. The van der Waals surface area contributed by atoms with Crippen molar-refractivity contribution in [3.05, 3.63) is 88.1 Å². The number of benzene rings is 2. The molecule has 2 aliphatic heterocycles. The maximum Gasteiger partial charge on any atom is 0.248 e. The van der Waals surface area contributed by atoms with Crippen LogP contribution in [-0.4, -0.2) is 35.8 Å². The Morgan fingerprint density at radius 2 is 1.75 bits per heavy atom. The second-order valence-corrected chi connectivity index (χ2v) is 10.5. The lowest BCUT2D eigenvalue weighted by atomic mass is 9.61. The fraction of sp³-hybridized carbons (Fsp3) is 0.321. The van der Waals surface area contributed by atoms with Crippen molar-refractivity contribution in [2.24, 2.45) is 11.1 Å². The molecule has 1 spiro atoms. The molecule has 2 aromatic rings. The van der Waals surface area contributed by atoms with E-state index < -0.39 is 17.1 Å². The van der Waals surface area contributed by atoms with Gasteiger partial charge in [-0.25, -0.2) is 9.40 Å². The first-order valence-electron chi connectivity index (χ1n) is 11.8. The van der Waals surface area contributed by atoms with Gasteiger partial charge in [0.2, 0.25) is 5.91 Å². The average Bonchev–Trinajstić information content (AvgIpc) is 3.03. The monoisotopic (exact) mass is 485 g/mol. The highest BCUT2D eigenvalue weighted by molar-refractivity contribution is 6.20. The largest absolute Gasteiger partial charge is 0.383 e. The van der Waals surface area contributed by atoms with Gasteiger partial charge < -0.3 is 10.6 Å².